The second kappa shape index (κ2) is 5.44. The lowest BCUT2D eigenvalue weighted by Crippen LogP contribution is -1.97. The number of aryl methyl sites for hydroxylation is 2. The minimum Gasteiger partial charge on any atom is -0.343 e. The van der Waals surface area contributed by atoms with Crippen molar-refractivity contribution in [1.29, 1.82) is 0 Å². The molecule has 0 aliphatic rings. The minimum absolute atomic E-state index is 0.683. The van der Waals surface area contributed by atoms with Crippen molar-refractivity contribution in [3.63, 3.8) is 0 Å². The molecule has 0 unspecified atom stereocenters. The predicted octanol–water partition coefficient (Wildman–Crippen LogP) is 4.38. The van der Waals surface area contributed by atoms with Crippen molar-refractivity contribution in [3.05, 3.63) is 45.9 Å². The molecule has 0 radical (unpaired) electrons. The number of hydrogen-bond acceptors (Lipinski definition) is 2. The molecule has 2 aromatic rings. The second-order valence-electron chi connectivity index (χ2n) is 4.58. The Balaban J connectivity index is 2.54. The van der Waals surface area contributed by atoms with Crippen molar-refractivity contribution >= 4 is 12.2 Å². The van der Waals surface area contributed by atoms with Gasteiger partial charge in [0.1, 0.15) is 10.5 Å². The van der Waals surface area contributed by atoms with Gasteiger partial charge >= 0.3 is 0 Å². The molecule has 0 fully saturated rings. The third kappa shape index (κ3) is 2.67. The molecule has 0 amide bonds. The smallest absolute Gasteiger partial charge is 0.133 e. The molecule has 0 bridgehead atoms. The first-order valence-electron chi connectivity index (χ1n) is 6.28. The minimum atomic E-state index is 0.683. The number of rotatable bonds is 3. The number of hydrogen-bond donors (Lipinski definition) is 1. The van der Waals surface area contributed by atoms with Crippen LogP contribution in [0.3, 0.4) is 0 Å². The number of aromatic amines is 1. The van der Waals surface area contributed by atoms with Gasteiger partial charge in [-0.3, -0.25) is 0 Å². The van der Waals surface area contributed by atoms with E-state index in [1.807, 2.05) is 13.8 Å². The number of benzene rings is 1. The Bertz CT molecular complexity index is 614. The summed E-state index contributed by atoms with van der Waals surface area (Å²) in [4.78, 5) is 7.60. The van der Waals surface area contributed by atoms with Gasteiger partial charge in [-0.05, 0) is 37.5 Å². The van der Waals surface area contributed by atoms with Crippen LogP contribution in [0.4, 0.5) is 0 Å². The Kier molecular flexibility index (Phi) is 3.92. The van der Waals surface area contributed by atoms with Crippen LogP contribution < -0.4 is 0 Å². The van der Waals surface area contributed by atoms with Gasteiger partial charge in [0.05, 0.1) is 5.69 Å². The van der Waals surface area contributed by atoms with Gasteiger partial charge in [-0.25, -0.2) is 4.98 Å². The Labute approximate surface area is 113 Å². The van der Waals surface area contributed by atoms with Gasteiger partial charge in [0, 0.05) is 5.56 Å². The zero-order valence-electron chi connectivity index (χ0n) is 11.1. The van der Waals surface area contributed by atoms with Crippen molar-refractivity contribution in [1.82, 2.24) is 9.97 Å². The van der Waals surface area contributed by atoms with E-state index in [1.165, 1.54) is 11.1 Å². The zero-order valence-corrected chi connectivity index (χ0v) is 11.9. The van der Waals surface area contributed by atoms with Crippen LogP contribution in [0.2, 0.25) is 0 Å². The van der Waals surface area contributed by atoms with E-state index in [-0.39, 0.29) is 0 Å². The average molecular weight is 258 g/mol. The van der Waals surface area contributed by atoms with Crippen LogP contribution in [-0.2, 0) is 6.42 Å². The van der Waals surface area contributed by atoms with Gasteiger partial charge in [0.25, 0.3) is 0 Å². The highest BCUT2D eigenvalue weighted by Gasteiger charge is 2.06. The summed E-state index contributed by atoms with van der Waals surface area (Å²) in [6.45, 7) is 6.16. The van der Waals surface area contributed by atoms with Gasteiger partial charge in [-0.2, -0.15) is 0 Å². The normalized spacial score (nSPS) is 10.6. The van der Waals surface area contributed by atoms with Crippen molar-refractivity contribution in [2.24, 2.45) is 0 Å². The molecule has 3 heteroatoms. The van der Waals surface area contributed by atoms with E-state index in [4.69, 9.17) is 12.2 Å². The first-order valence-corrected chi connectivity index (χ1v) is 6.69. The number of H-pyrrole nitrogens is 1. The topological polar surface area (TPSA) is 28.7 Å². The van der Waals surface area contributed by atoms with E-state index < -0.39 is 0 Å². The molecule has 2 nitrogen and oxygen atoms in total. The summed E-state index contributed by atoms with van der Waals surface area (Å²) >= 11 is 5.28. The summed E-state index contributed by atoms with van der Waals surface area (Å²) in [6, 6.07) is 8.63. The van der Waals surface area contributed by atoms with Gasteiger partial charge in [-0.15, -0.1) is 0 Å². The van der Waals surface area contributed by atoms with Crippen LogP contribution >= 0.6 is 12.2 Å². The Morgan fingerprint density at radius 2 is 2.06 bits per heavy atom. The van der Waals surface area contributed by atoms with Crippen LogP contribution in [0.5, 0.6) is 0 Å². The fraction of sp³-hybridized carbons (Fsp3) is 0.333. The van der Waals surface area contributed by atoms with Crippen LogP contribution in [0.25, 0.3) is 11.3 Å². The molecule has 0 aliphatic heterocycles. The largest absolute Gasteiger partial charge is 0.343 e. The quantitative estimate of drug-likeness (QED) is 0.828. The molecule has 0 aliphatic carbocycles. The molecule has 0 saturated carbocycles. The second-order valence-corrected chi connectivity index (χ2v) is 4.96. The lowest BCUT2D eigenvalue weighted by Gasteiger charge is -2.09. The zero-order chi connectivity index (χ0) is 13.1. The third-order valence-corrected chi connectivity index (χ3v) is 3.42. The first kappa shape index (κ1) is 13.0. The maximum Gasteiger partial charge on any atom is 0.133 e. The monoisotopic (exact) mass is 258 g/mol. The summed E-state index contributed by atoms with van der Waals surface area (Å²) in [5.41, 5.74) is 4.69. The van der Waals surface area contributed by atoms with Gasteiger partial charge in [0.2, 0.25) is 0 Å². The van der Waals surface area contributed by atoms with E-state index in [0.717, 1.165) is 29.9 Å². The van der Waals surface area contributed by atoms with Gasteiger partial charge in [0.15, 0.2) is 0 Å². The molecule has 0 spiro atoms. The summed E-state index contributed by atoms with van der Waals surface area (Å²) in [6.07, 6.45) is 2.27. The SMILES string of the molecule is CCCc1cccc(-c2[nH]c(C)nc(=S)c2C)c1. The Morgan fingerprint density at radius 1 is 1.28 bits per heavy atom. The molecule has 1 aromatic carbocycles. The van der Waals surface area contributed by atoms with Crippen LogP contribution in [0, 0.1) is 18.5 Å². The molecule has 1 heterocycles. The lowest BCUT2D eigenvalue weighted by atomic mass is 10.0. The number of aromatic nitrogens is 2. The van der Waals surface area contributed by atoms with Crippen molar-refractivity contribution in [2.45, 2.75) is 33.6 Å². The van der Waals surface area contributed by atoms with E-state index >= 15 is 0 Å². The van der Waals surface area contributed by atoms with E-state index in [1.54, 1.807) is 0 Å². The molecule has 1 aromatic heterocycles. The maximum absolute atomic E-state index is 5.28. The highest BCUT2D eigenvalue weighted by atomic mass is 32.1. The summed E-state index contributed by atoms with van der Waals surface area (Å²) in [7, 11) is 0. The molecular weight excluding hydrogens is 240 g/mol. The number of nitrogens with one attached hydrogen (secondary N) is 1. The average Bonchev–Trinajstić information content (AvgIpc) is 2.34. The fourth-order valence-electron chi connectivity index (χ4n) is 2.11. The van der Waals surface area contributed by atoms with Crippen molar-refractivity contribution in [2.75, 3.05) is 0 Å². The van der Waals surface area contributed by atoms with E-state index in [0.29, 0.717) is 4.64 Å². The third-order valence-electron chi connectivity index (χ3n) is 3.03. The molecule has 0 saturated heterocycles. The predicted molar refractivity (Wildman–Crippen MR) is 78.3 cm³/mol. The Hall–Kier alpha value is -1.48. The molecule has 2 rings (SSSR count). The summed E-state index contributed by atoms with van der Waals surface area (Å²) < 4.78 is 0.683. The van der Waals surface area contributed by atoms with Crippen molar-refractivity contribution in [3.8, 4) is 11.3 Å². The molecule has 94 valence electrons. The first-order chi connectivity index (χ1) is 8.61. The maximum atomic E-state index is 5.28. The fourth-order valence-corrected chi connectivity index (χ4v) is 2.34. The lowest BCUT2D eigenvalue weighted by molar-refractivity contribution is 0.921. The highest BCUT2D eigenvalue weighted by molar-refractivity contribution is 7.71. The molecule has 18 heavy (non-hydrogen) atoms. The standard InChI is InChI=1S/C15H18N2S/c1-4-6-12-7-5-8-13(9-12)14-10(2)15(18)17-11(3)16-14/h5,7-9H,4,6H2,1-3H3,(H,16,17,18). The van der Waals surface area contributed by atoms with E-state index in [9.17, 15) is 0 Å². The molecule has 1 N–H and O–H groups in total. The van der Waals surface area contributed by atoms with Crippen LogP contribution in [0.15, 0.2) is 24.3 Å². The van der Waals surface area contributed by atoms with Gasteiger partial charge in [-0.1, -0.05) is 43.8 Å². The van der Waals surface area contributed by atoms with Gasteiger partial charge < -0.3 is 4.98 Å². The number of nitrogens with zero attached hydrogens (tertiary/aromatic N) is 1. The molecular formula is C15H18N2S. The van der Waals surface area contributed by atoms with Crippen LogP contribution in [0.1, 0.15) is 30.3 Å². The molecule has 0 atom stereocenters. The summed E-state index contributed by atoms with van der Waals surface area (Å²) in [5, 5.41) is 0. The van der Waals surface area contributed by atoms with Crippen molar-refractivity contribution < 1.29 is 0 Å². The Morgan fingerprint density at radius 3 is 2.78 bits per heavy atom. The van der Waals surface area contributed by atoms with Crippen LogP contribution in [-0.4, -0.2) is 9.97 Å². The summed E-state index contributed by atoms with van der Waals surface area (Å²) in [5.74, 6) is 0.862. The highest BCUT2D eigenvalue weighted by Crippen LogP contribution is 2.23. The van der Waals surface area contributed by atoms with E-state index in [2.05, 4.69) is 41.2 Å².